The first-order chi connectivity index (χ1) is 16.2. The lowest BCUT2D eigenvalue weighted by Crippen LogP contribution is -2.11. The van der Waals surface area contributed by atoms with Crippen LogP contribution in [-0.2, 0) is 11.2 Å². The van der Waals surface area contributed by atoms with Crippen molar-refractivity contribution in [3.8, 4) is 11.8 Å². The summed E-state index contributed by atoms with van der Waals surface area (Å²) in [4.78, 5) is 18.9. The summed E-state index contributed by atoms with van der Waals surface area (Å²) in [6.45, 7) is 4.63. The van der Waals surface area contributed by atoms with Crippen molar-refractivity contribution in [2.45, 2.75) is 20.3 Å². The Labute approximate surface area is 203 Å². The van der Waals surface area contributed by atoms with Gasteiger partial charge in [0.1, 0.15) is 11.8 Å². The largest absolute Gasteiger partial charge is 0.494 e. The number of nitrogens with zero attached hydrogens (tertiary/aromatic N) is 3. The van der Waals surface area contributed by atoms with Crippen LogP contribution in [0.5, 0.6) is 5.75 Å². The quantitative estimate of drug-likeness (QED) is 0.403. The van der Waals surface area contributed by atoms with Crippen molar-refractivity contribution in [1.82, 2.24) is 9.88 Å². The van der Waals surface area contributed by atoms with Crippen LogP contribution in [0.1, 0.15) is 23.6 Å². The zero-order valence-electron chi connectivity index (χ0n) is 19.6. The van der Waals surface area contributed by atoms with Crippen molar-refractivity contribution >= 4 is 39.7 Å². The number of ketones is 1. The molecular formula is C26H26ClFN4O2. The molecule has 0 aliphatic heterocycles. The minimum Gasteiger partial charge on any atom is -0.494 e. The first kappa shape index (κ1) is 25.2. The number of rotatable bonds is 9. The Hall–Kier alpha value is -3.47. The zero-order valence-corrected chi connectivity index (χ0v) is 20.3. The highest BCUT2D eigenvalue weighted by Gasteiger charge is 2.17. The maximum atomic E-state index is 14.8. The summed E-state index contributed by atoms with van der Waals surface area (Å²) in [5.41, 5.74) is 2.55. The number of nitriles is 1. The number of carbonyl (C=O) groups is 1. The number of fused-ring (bicyclic) bond motifs is 1. The van der Waals surface area contributed by atoms with E-state index in [2.05, 4.69) is 16.4 Å². The van der Waals surface area contributed by atoms with Crippen LogP contribution in [-0.4, -0.2) is 42.9 Å². The number of allylic oxidation sites excluding steroid dienone is 1. The van der Waals surface area contributed by atoms with Crippen LogP contribution in [0.15, 0.2) is 42.6 Å². The van der Waals surface area contributed by atoms with Crippen LogP contribution < -0.4 is 10.1 Å². The molecule has 176 valence electrons. The number of hydrogen-bond donors (Lipinski definition) is 1. The smallest absolute Gasteiger partial charge is 0.165 e. The Bertz CT molecular complexity index is 1300. The Balaban J connectivity index is 2.11. The van der Waals surface area contributed by atoms with E-state index in [9.17, 15) is 14.4 Å². The maximum absolute atomic E-state index is 14.8. The first-order valence-electron chi connectivity index (χ1n) is 10.8. The first-order valence-corrected chi connectivity index (χ1v) is 11.2. The van der Waals surface area contributed by atoms with Crippen LogP contribution in [0.4, 0.5) is 15.8 Å². The molecule has 1 heterocycles. The molecule has 1 N–H and O–H groups in total. The van der Waals surface area contributed by atoms with E-state index in [1.54, 1.807) is 43.3 Å². The van der Waals surface area contributed by atoms with Crippen molar-refractivity contribution < 1.29 is 13.9 Å². The number of likely N-dealkylation sites (N-methyl/N-ethyl adjacent to an activating group) is 1. The lowest BCUT2D eigenvalue weighted by atomic mass is 10.0. The second-order valence-electron chi connectivity index (χ2n) is 8.06. The van der Waals surface area contributed by atoms with Gasteiger partial charge in [-0.1, -0.05) is 23.7 Å². The SMILES string of the molecule is CCOc1cc2ncc(C#N)c(Nc3ccc(C)c(Cl)c3F)c2cc1CC(=O)/C=C/CN(C)C. The highest BCUT2D eigenvalue weighted by atomic mass is 35.5. The van der Waals surface area contributed by atoms with Crippen molar-refractivity contribution in [3.05, 3.63) is 70.1 Å². The second-order valence-corrected chi connectivity index (χ2v) is 8.44. The van der Waals surface area contributed by atoms with Gasteiger partial charge in [-0.2, -0.15) is 5.26 Å². The van der Waals surface area contributed by atoms with Gasteiger partial charge in [-0.05, 0) is 51.7 Å². The molecule has 0 saturated carbocycles. The predicted molar refractivity (Wildman–Crippen MR) is 133 cm³/mol. The Kier molecular flexibility index (Phi) is 8.21. The van der Waals surface area contributed by atoms with Gasteiger partial charge in [0.05, 0.1) is 34.1 Å². The topological polar surface area (TPSA) is 78.2 Å². The molecule has 0 aliphatic rings. The van der Waals surface area contributed by atoms with E-state index < -0.39 is 5.82 Å². The van der Waals surface area contributed by atoms with Gasteiger partial charge in [-0.15, -0.1) is 0 Å². The van der Waals surface area contributed by atoms with E-state index >= 15 is 0 Å². The molecule has 2 aromatic carbocycles. The third-order valence-corrected chi connectivity index (χ3v) is 5.61. The molecule has 0 spiro atoms. The Morgan fingerprint density at radius 2 is 2.12 bits per heavy atom. The molecule has 3 rings (SSSR count). The minimum absolute atomic E-state index is 0.0105. The van der Waals surface area contributed by atoms with Crippen LogP contribution in [0.3, 0.4) is 0 Å². The number of benzene rings is 2. The third kappa shape index (κ3) is 5.71. The minimum atomic E-state index is -0.608. The number of pyridine rings is 1. The van der Waals surface area contributed by atoms with Crippen LogP contribution in [0.25, 0.3) is 10.9 Å². The number of nitrogens with one attached hydrogen (secondary N) is 1. The molecular weight excluding hydrogens is 455 g/mol. The molecule has 0 unspecified atom stereocenters. The van der Waals surface area contributed by atoms with Gasteiger partial charge >= 0.3 is 0 Å². The molecule has 0 radical (unpaired) electrons. The number of halogens is 2. The fourth-order valence-corrected chi connectivity index (χ4v) is 3.60. The summed E-state index contributed by atoms with van der Waals surface area (Å²) in [5.74, 6) is -0.155. The zero-order chi connectivity index (χ0) is 24.8. The summed E-state index contributed by atoms with van der Waals surface area (Å²) in [7, 11) is 3.84. The molecule has 3 aromatic rings. The normalized spacial score (nSPS) is 11.2. The molecule has 0 amide bonds. The van der Waals surface area contributed by atoms with E-state index in [4.69, 9.17) is 16.3 Å². The lowest BCUT2D eigenvalue weighted by Gasteiger charge is -2.16. The van der Waals surface area contributed by atoms with Crippen molar-refractivity contribution in [2.75, 3.05) is 32.6 Å². The van der Waals surface area contributed by atoms with Crippen molar-refractivity contribution in [2.24, 2.45) is 0 Å². The summed E-state index contributed by atoms with van der Waals surface area (Å²) in [6, 6.07) is 8.86. The average Bonchev–Trinajstić information content (AvgIpc) is 2.80. The van der Waals surface area contributed by atoms with E-state index in [0.29, 0.717) is 46.6 Å². The van der Waals surface area contributed by atoms with Crippen LogP contribution in [0, 0.1) is 24.1 Å². The highest BCUT2D eigenvalue weighted by molar-refractivity contribution is 6.31. The number of ether oxygens (including phenoxy) is 1. The van der Waals surface area contributed by atoms with E-state index in [1.165, 1.54) is 6.20 Å². The van der Waals surface area contributed by atoms with Crippen LogP contribution in [0.2, 0.25) is 5.02 Å². The van der Waals surface area contributed by atoms with Gasteiger partial charge < -0.3 is 15.0 Å². The van der Waals surface area contributed by atoms with Gasteiger partial charge in [0.25, 0.3) is 0 Å². The summed E-state index contributed by atoms with van der Waals surface area (Å²) in [6.07, 6.45) is 4.88. The number of hydrogen-bond acceptors (Lipinski definition) is 6. The number of anilines is 2. The van der Waals surface area contributed by atoms with Gasteiger partial charge in [0.15, 0.2) is 11.6 Å². The molecule has 0 atom stereocenters. The summed E-state index contributed by atoms with van der Waals surface area (Å²) < 4.78 is 20.6. The third-order valence-electron chi connectivity index (χ3n) is 5.14. The van der Waals surface area contributed by atoms with E-state index in [-0.39, 0.29) is 28.5 Å². The Morgan fingerprint density at radius 3 is 2.79 bits per heavy atom. The molecule has 0 aliphatic carbocycles. The fraction of sp³-hybridized carbons (Fsp3) is 0.269. The van der Waals surface area contributed by atoms with Crippen LogP contribution >= 0.6 is 11.6 Å². The van der Waals surface area contributed by atoms with Crippen molar-refractivity contribution in [1.29, 1.82) is 5.26 Å². The summed E-state index contributed by atoms with van der Waals surface area (Å²) in [5, 5.41) is 13.3. The molecule has 1 aromatic heterocycles. The standard InChI is InChI=1S/C26H26ClFN4O2/c1-5-34-23-13-22-20(12-17(23)11-19(33)7-6-10-32(3)4)26(18(14-29)15-30-22)31-21-9-8-16(2)24(27)25(21)28/h6-9,12-13,15H,5,10-11H2,1-4H3,(H,30,31)/b7-6+. The molecule has 8 heteroatoms. The molecule has 6 nitrogen and oxygen atoms in total. The predicted octanol–water partition coefficient (Wildman–Crippen LogP) is 5.58. The average molecular weight is 481 g/mol. The fourth-order valence-electron chi connectivity index (χ4n) is 3.43. The van der Waals surface area contributed by atoms with Crippen molar-refractivity contribution in [3.63, 3.8) is 0 Å². The van der Waals surface area contributed by atoms with Gasteiger partial charge in [-0.3, -0.25) is 9.78 Å². The molecule has 0 bridgehead atoms. The van der Waals surface area contributed by atoms with E-state index in [0.717, 1.165) is 0 Å². The maximum Gasteiger partial charge on any atom is 0.165 e. The number of carbonyl (C=O) groups excluding carboxylic acids is 1. The monoisotopic (exact) mass is 480 g/mol. The summed E-state index contributed by atoms with van der Waals surface area (Å²) >= 11 is 6.08. The number of aromatic nitrogens is 1. The highest BCUT2D eigenvalue weighted by Crippen LogP contribution is 2.35. The Morgan fingerprint density at radius 1 is 1.35 bits per heavy atom. The van der Waals surface area contributed by atoms with Gasteiger partial charge in [-0.25, -0.2) is 4.39 Å². The lowest BCUT2D eigenvalue weighted by molar-refractivity contribution is -0.114. The van der Waals surface area contributed by atoms with Gasteiger partial charge in [0.2, 0.25) is 0 Å². The second kappa shape index (κ2) is 11.1. The molecule has 34 heavy (non-hydrogen) atoms. The van der Waals surface area contributed by atoms with E-state index in [1.807, 2.05) is 25.9 Å². The molecule has 0 fully saturated rings. The number of aryl methyl sites for hydroxylation is 1. The molecule has 0 saturated heterocycles. The van der Waals surface area contributed by atoms with Gasteiger partial charge in [0, 0.05) is 36.2 Å².